The summed E-state index contributed by atoms with van der Waals surface area (Å²) in [7, 11) is 0. The number of rotatable bonds is 10. The molecule has 2 aromatic rings. The number of unbranched alkanes of at least 4 members (excludes halogenated alkanes) is 4. The average molecular weight is 464 g/mol. The van der Waals surface area contributed by atoms with Crippen LogP contribution < -0.4 is 8.92 Å². The van der Waals surface area contributed by atoms with Crippen molar-refractivity contribution in [3.8, 4) is 0 Å². The maximum absolute atomic E-state index is 2.36. The number of hydrogen-bond acceptors (Lipinski definition) is 0. The summed E-state index contributed by atoms with van der Waals surface area (Å²) in [5, 5.41) is 0. The Morgan fingerprint density at radius 1 is 0.800 bits per heavy atom. The Balaban J connectivity index is 1.66. The third-order valence-corrected chi connectivity index (χ3v) is 12.8. The Labute approximate surface area is 166 Å². The van der Waals surface area contributed by atoms with Gasteiger partial charge in [0.2, 0.25) is 0 Å². The molecule has 0 spiro atoms. The molecule has 0 heterocycles. The van der Waals surface area contributed by atoms with E-state index in [4.69, 9.17) is 0 Å². The first-order valence-corrected chi connectivity index (χ1v) is 13.2. The van der Waals surface area contributed by atoms with Crippen molar-refractivity contribution in [2.75, 3.05) is 0 Å². The summed E-state index contributed by atoms with van der Waals surface area (Å²) >= 11 is 1.22. The van der Waals surface area contributed by atoms with Crippen LogP contribution in [-0.2, 0) is 0 Å². The van der Waals surface area contributed by atoms with Crippen molar-refractivity contribution in [3.05, 3.63) is 60.7 Å². The fourth-order valence-corrected chi connectivity index (χ4v) is 11.8. The van der Waals surface area contributed by atoms with Crippen LogP contribution in [0.1, 0.15) is 58.3 Å². The van der Waals surface area contributed by atoms with E-state index >= 15 is 0 Å². The van der Waals surface area contributed by atoms with Gasteiger partial charge in [-0.15, -0.1) is 0 Å². The first-order chi connectivity index (χ1) is 12.3. The summed E-state index contributed by atoms with van der Waals surface area (Å²) < 4.78 is 3.82. The zero-order valence-electron chi connectivity index (χ0n) is 15.3. The van der Waals surface area contributed by atoms with Gasteiger partial charge in [0.05, 0.1) is 0 Å². The molecule has 1 fully saturated rings. The van der Waals surface area contributed by atoms with Gasteiger partial charge in [0.15, 0.2) is 0 Å². The van der Waals surface area contributed by atoms with Crippen LogP contribution >= 0.6 is 0 Å². The van der Waals surface area contributed by atoms with Crippen molar-refractivity contribution in [1.29, 1.82) is 0 Å². The summed E-state index contributed by atoms with van der Waals surface area (Å²) in [4.78, 5) is 0. The van der Waals surface area contributed by atoms with Gasteiger partial charge in [-0.1, -0.05) is 0 Å². The minimum atomic E-state index is 0.608. The molecule has 1 unspecified atom stereocenters. The van der Waals surface area contributed by atoms with Gasteiger partial charge in [0.25, 0.3) is 0 Å². The van der Waals surface area contributed by atoms with Gasteiger partial charge in [-0.3, -0.25) is 0 Å². The molecular formula is C23H30Se2. The molecule has 1 atom stereocenters. The molecule has 3 rings (SSSR count). The van der Waals surface area contributed by atoms with Crippen molar-refractivity contribution < 1.29 is 0 Å². The first kappa shape index (κ1) is 19.2. The molecular weight excluding hydrogens is 434 g/mol. The summed E-state index contributed by atoms with van der Waals surface area (Å²) in [6, 6.07) is 22.6. The van der Waals surface area contributed by atoms with Crippen molar-refractivity contribution >= 4 is 38.8 Å². The summed E-state index contributed by atoms with van der Waals surface area (Å²) in [6.45, 7) is 2.31. The molecule has 1 aliphatic carbocycles. The second-order valence-electron chi connectivity index (χ2n) is 7.08. The topological polar surface area (TPSA) is 0 Å². The molecule has 0 aromatic heterocycles. The summed E-state index contributed by atoms with van der Waals surface area (Å²) in [5.41, 5.74) is 0. The Morgan fingerprint density at radius 3 is 1.84 bits per heavy atom. The molecule has 0 amide bonds. The number of benzene rings is 2. The predicted octanol–water partition coefficient (Wildman–Crippen LogP) is 4.93. The van der Waals surface area contributed by atoms with E-state index in [1.165, 1.54) is 51.4 Å². The van der Waals surface area contributed by atoms with E-state index < -0.39 is 0 Å². The Hall–Kier alpha value is -0.521. The van der Waals surface area contributed by atoms with Crippen molar-refractivity contribution in [1.82, 2.24) is 0 Å². The Kier molecular flexibility index (Phi) is 7.68. The van der Waals surface area contributed by atoms with Crippen LogP contribution in [-0.4, -0.2) is 29.9 Å². The van der Waals surface area contributed by atoms with E-state index in [1.807, 2.05) is 0 Å². The van der Waals surface area contributed by atoms with Crippen LogP contribution in [0, 0.1) is 5.92 Å². The van der Waals surface area contributed by atoms with E-state index in [0.29, 0.717) is 33.1 Å². The normalized spacial score (nSPS) is 18.7. The van der Waals surface area contributed by atoms with Crippen LogP contribution in [0.2, 0.25) is 3.21 Å². The molecule has 1 saturated carbocycles. The van der Waals surface area contributed by atoms with E-state index in [-0.39, 0.29) is 0 Å². The number of hydrogen-bond donors (Lipinski definition) is 0. The standard InChI is InChI=1S/C23H30Se2/c1-2-3-4-5-8-13-20-18-19-23(20,24-21-14-9-6-10-15-21)25-22-16-11-7-12-17-22/h6-7,9-12,14-17,20H,2-5,8,13,18-19H2,1H3. The second-order valence-corrected chi connectivity index (χ2v) is 14.3. The second kappa shape index (κ2) is 9.98. The maximum atomic E-state index is 2.36. The molecule has 134 valence electrons. The van der Waals surface area contributed by atoms with Crippen LogP contribution in [0.3, 0.4) is 0 Å². The minimum absolute atomic E-state index is 0.608. The Bertz CT molecular complexity index is 567. The third-order valence-electron chi connectivity index (χ3n) is 5.19. The molecule has 0 nitrogen and oxygen atoms in total. The SMILES string of the molecule is CCCCCCCC1CCC1([Se]c1ccccc1)[Se]c1ccccc1. The predicted molar refractivity (Wildman–Crippen MR) is 112 cm³/mol. The van der Waals surface area contributed by atoms with Crippen LogP contribution in [0.4, 0.5) is 0 Å². The van der Waals surface area contributed by atoms with E-state index in [1.54, 1.807) is 8.92 Å². The third kappa shape index (κ3) is 5.48. The first-order valence-electron chi connectivity index (χ1n) is 9.80. The molecule has 0 aliphatic heterocycles. The molecule has 1 aliphatic rings. The molecule has 0 N–H and O–H groups in total. The zero-order valence-corrected chi connectivity index (χ0v) is 18.8. The van der Waals surface area contributed by atoms with E-state index in [9.17, 15) is 0 Å². The fourth-order valence-electron chi connectivity index (χ4n) is 3.61. The van der Waals surface area contributed by atoms with Gasteiger partial charge >= 0.3 is 167 Å². The summed E-state index contributed by atoms with van der Waals surface area (Å²) in [6.07, 6.45) is 11.5. The molecule has 0 saturated heterocycles. The monoisotopic (exact) mass is 466 g/mol. The van der Waals surface area contributed by atoms with Crippen molar-refractivity contribution in [3.63, 3.8) is 0 Å². The van der Waals surface area contributed by atoms with Gasteiger partial charge in [0, 0.05) is 0 Å². The molecule has 25 heavy (non-hydrogen) atoms. The fraction of sp³-hybridized carbons (Fsp3) is 0.478. The van der Waals surface area contributed by atoms with Crippen molar-refractivity contribution in [2.45, 2.75) is 61.5 Å². The van der Waals surface area contributed by atoms with E-state index in [2.05, 4.69) is 67.6 Å². The van der Waals surface area contributed by atoms with Gasteiger partial charge in [-0.2, -0.15) is 0 Å². The van der Waals surface area contributed by atoms with Gasteiger partial charge in [0.1, 0.15) is 0 Å². The van der Waals surface area contributed by atoms with Gasteiger partial charge in [-0.05, 0) is 0 Å². The van der Waals surface area contributed by atoms with Gasteiger partial charge < -0.3 is 0 Å². The van der Waals surface area contributed by atoms with Crippen molar-refractivity contribution in [2.24, 2.45) is 5.92 Å². The summed E-state index contributed by atoms with van der Waals surface area (Å²) in [5.74, 6) is 0.967. The zero-order chi connectivity index (χ0) is 17.4. The molecule has 2 aromatic carbocycles. The van der Waals surface area contributed by atoms with Crippen LogP contribution in [0.5, 0.6) is 0 Å². The quantitative estimate of drug-likeness (QED) is 0.346. The molecule has 0 radical (unpaired) electrons. The van der Waals surface area contributed by atoms with Crippen LogP contribution in [0.25, 0.3) is 0 Å². The van der Waals surface area contributed by atoms with Crippen LogP contribution in [0.15, 0.2) is 60.7 Å². The molecule has 0 bridgehead atoms. The molecule has 2 heteroatoms. The van der Waals surface area contributed by atoms with E-state index in [0.717, 1.165) is 5.92 Å². The Morgan fingerprint density at radius 2 is 1.36 bits per heavy atom. The average Bonchev–Trinajstić information content (AvgIpc) is 2.65. The van der Waals surface area contributed by atoms with Gasteiger partial charge in [-0.25, -0.2) is 0 Å².